The van der Waals surface area contributed by atoms with Crippen LogP contribution < -0.4 is 0 Å². The molecule has 0 fully saturated rings. The largest absolute Gasteiger partial charge is 0.298 e. The minimum Gasteiger partial charge on any atom is -0.298 e. The minimum atomic E-state index is -0.414. The van der Waals surface area contributed by atoms with Gasteiger partial charge >= 0.3 is 0 Å². The zero-order chi connectivity index (χ0) is 13.7. The van der Waals surface area contributed by atoms with Crippen molar-refractivity contribution in [1.29, 1.82) is 0 Å². The van der Waals surface area contributed by atoms with Crippen LogP contribution in [0.4, 0.5) is 0 Å². The van der Waals surface area contributed by atoms with Crippen molar-refractivity contribution in [3.05, 3.63) is 66.2 Å². The molecule has 1 atom stereocenters. The summed E-state index contributed by atoms with van der Waals surface area (Å²) < 4.78 is -0.414. The summed E-state index contributed by atoms with van der Waals surface area (Å²) in [7, 11) is 0. The van der Waals surface area contributed by atoms with Crippen molar-refractivity contribution in [3.63, 3.8) is 0 Å². The van der Waals surface area contributed by atoms with Gasteiger partial charge in [-0.1, -0.05) is 48.5 Å². The molecule has 1 unspecified atom stereocenters. The molecule has 19 heavy (non-hydrogen) atoms. The lowest BCUT2D eigenvalue weighted by molar-refractivity contribution is -0.118. The monoisotopic (exact) mass is 270 g/mol. The van der Waals surface area contributed by atoms with Crippen molar-refractivity contribution in [2.24, 2.45) is 0 Å². The lowest BCUT2D eigenvalue weighted by atomic mass is 9.97. The van der Waals surface area contributed by atoms with Crippen molar-refractivity contribution < 1.29 is 4.79 Å². The predicted molar refractivity (Wildman–Crippen MR) is 81.5 cm³/mol. The quantitative estimate of drug-likeness (QED) is 0.750. The van der Waals surface area contributed by atoms with Crippen LogP contribution >= 0.6 is 11.8 Å². The van der Waals surface area contributed by atoms with Crippen LogP contribution in [0.2, 0.25) is 0 Å². The van der Waals surface area contributed by atoms with Gasteiger partial charge in [-0.2, -0.15) is 0 Å². The van der Waals surface area contributed by atoms with E-state index in [0.29, 0.717) is 0 Å². The zero-order valence-electron chi connectivity index (χ0n) is 11.3. The van der Waals surface area contributed by atoms with E-state index in [4.69, 9.17) is 0 Å². The van der Waals surface area contributed by atoms with Gasteiger partial charge in [0.2, 0.25) is 0 Å². The first-order valence-corrected chi connectivity index (χ1v) is 7.21. The van der Waals surface area contributed by atoms with Gasteiger partial charge in [0, 0.05) is 4.90 Å². The summed E-state index contributed by atoms with van der Waals surface area (Å²) in [5.41, 5.74) is 1.20. The van der Waals surface area contributed by atoms with Crippen LogP contribution in [0.1, 0.15) is 19.4 Å². The molecule has 0 bridgehead atoms. The topological polar surface area (TPSA) is 17.1 Å². The van der Waals surface area contributed by atoms with E-state index >= 15 is 0 Å². The third kappa shape index (κ3) is 3.71. The summed E-state index contributed by atoms with van der Waals surface area (Å²) in [6, 6.07) is 20.3. The highest BCUT2D eigenvalue weighted by Gasteiger charge is 2.31. The highest BCUT2D eigenvalue weighted by Crippen LogP contribution is 2.36. The lowest BCUT2D eigenvalue weighted by Gasteiger charge is -2.26. The van der Waals surface area contributed by atoms with Crippen LogP contribution in [-0.4, -0.2) is 10.5 Å². The molecule has 2 heteroatoms. The normalized spacial score (nSPS) is 13.8. The molecule has 0 aromatic heterocycles. The summed E-state index contributed by atoms with van der Waals surface area (Å²) in [6.45, 7) is 3.71. The van der Waals surface area contributed by atoms with E-state index in [2.05, 4.69) is 24.3 Å². The second kappa shape index (κ2) is 6.07. The number of carbonyl (C=O) groups is 1. The number of hydrogen-bond donors (Lipinski definition) is 0. The van der Waals surface area contributed by atoms with E-state index in [1.54, 1.807) is 18.7 Å². The van der Waals surface area contributed by atoms with E-state index < -0.39 is 4.75 Å². The number of benzene rings is 2. The van der Waals surface area contributed by atoms with Crippen molar-refractivity contribution >= 4 is 17.5 Å². The number of thioether (sulfide) groups is 1. The van der Waals surface area contributed by atoms with Gasteiger partial charge in [0.15, 0.2) is 0 Å². The molecule has 0 spiro atoms. The van der Waals surface area contributed by atoms with Crippen LogP contribution in [0.25, 0.3) is 0 Å². The first-order valence-electron chi connectivity index (χ1n) is 6.39. The second-order valence-corrected chi connectivity index (χ2v) is 6.44. The standard InChI is InChI=1S/C17H18OS/c1-14(18)17(2,13-15-9-5-3-6-10-15)19-16-11-7-4-8-12-16/h3-12H,13H2,1-2H3. The fourth-order valence-corrected chi connectivity index (χ4v) is 3.16. The average Bonchev–Trinajstić information content (AvgIpc) is 2.40. The van der Waals surface area contributed by atoms with E-state index in [1.165, 1.54) is 5.56 Å². The minimum absolute atomic E-state index is 0.213. The molecule has 0 N–H and O–H groups in total. The number of carbonyl (C=O) groups excluding carboxylic acids is 1. The zero-order valence-corrected chi connectivity index (χ0v) is 12.1. The number of rotatable bonds is 5. The fraction of sp³-hybridized carbons (Fsp3) is 0.235. The van der Waals surface area contributed by atoms with Gasteiger partial charge in [0.1, 0.15) is 5.78 Å². The Bertz CT molecular complexity index is 492. The maximum Gasteiger partial charge on any atom is 0.146 e. The van der Waals surface area contributed by atoms with Gasteiger partial charge in [-0.25, -0.2) is 0 Å². The van der Waals surface area contributed by atoms with Crippen LogP contribution in [-0.2, 0) is 11.2 Å². The van der Waals surface area contributed by atoms with E-state index in [-0.39, 0.29) is 5.78 Å². The molecular formula is C17H18OS. The molecule has 2 rings (SSSR count). The molecular weight excluding hydrogens is 252 g/mol. The first-order chi connectivity index (χ1) is 9.10. The molecule has 0 aliphatic rings. The second-order valence-electron chi connectivity index (χ2n) is 4.86. The SMILES string of the molecule is CC(=O)C(C)(Cc1ccccc1)Sc1ccccc1. The van der Waals surface area contributed by atoms with E-state index in [0.717, 1.165) is 11.3 Å². The Balaban J connectivity index is 2.21. The van der Waals surface area contributed by atoms with Crippen LogP contribution in [0.5, 0.6) is 0 Å². The molecule has 0 aliphatic heterocycles. The molecule has 0 aliphatic carbocycles. The molecule has 0 saturated carbocycles. The third-order valence-electron chi connectivity index (χ3n) is 3.22. The first kappa shape index (κ1) is 13.9. The summed E-state index contributed by atoms with van der Waals surface area (Å²) in [6.07, 6.45) is 0.753. The molecule has 0 radical (unpaired) electrons. The third-order valence-corrected chi connectivity index (χ3v) is 4.61. The molecule has 1 nitrogen and oxygen atoms in total. The molecule has 2 aromatic carbocycles. The van der Waals surface area contributed by atoms with Gasteiger partial charge in [0.25, 0.3) is 0 Å². The fourth-order valence-electron chi connectivity index (χ4n) is 1.97. The summed E-state index contributed by atoms with van der Waals surface area (Å²) in [5.74, 6) is 0.213. The van der Waals surface area contributed by atoms with Crippen LogP contribution in [0.15, 0.2) is 65.6 Å². The van der Waals surface area contributed by atoms with E-state index in [1.807, 2.05) is 43.3 Å². The van der Waals surface area contributed by atoms with Crippen LogP contribution in [0, 0.1) is 0 Å². The van der Waals surface area contributed by atoms with Crippen molar-refractivity contribution in [2.75, 3.05) is 0 Å². The summed E-state index contributed by atoms with van der Waals surface area (Å²) in [5, 5.41) is 0. The smallest absolute Gasteiger partial charge is 0.146 e. The Morgan fingerprint density at radius 1 is 1.00 bits per heavy atom. The average molecular weight is 270 g/mol. The number of Topliss-reactive ketones (excluding diaryl/α,β-unsaturated/α-hetero) is 1. The summed E-state index contributed by atoms with van der Waals surface area (Å²) >= 11 is 1.64. The van der Waals surface area contributed by atoms with Gasteiger partial charge in [-0.05, 0) is 38.0 Å². The Morgan fingerprint density at radius 2 is 1.53 bits per heavy atom. The Labute approximate surface area is 119 Å². The highest BCUT2D eigenvalue weighted by atomic mass is 32.2. The molecule has 2 aromatic rings. The van der Waals surface area contributed by atoms with E-state index in [9.17, 15) is 4.79 Å². The Kier molecular flexibility index (Phi) is 4.43. The number of ketones is 1. The van der Waals surface area contributed by atoms with Crippen molar-refractivity contribution in [3.8, 4) is 0 Å². The van der Waals surface area contributed by atoms with Gasteiger partial charge in [0.05, 0.1) is 4.75 Å². The highest BCUT2D eigenvalue weighted by molar-refractivity contribution is 8.01. The number of hydrogen-bond acceptors (Lipinski definition) is 2. The Hall–Kier alpha value is -1.54. The predicted octanol–water partition coefficient (Wildman–Crippen LogP) is 4.37. The molecule has 0 amide bonds. The summed E-state index contributed by atoms with van der Waals surface area (Å²) in [4.78, 5) is 13.2. The van der Waals surface area contributed by atoms with Gasteiger partial charge in [-0.3, -0.25) is 4.79 Å². The molecule has 0 saturated heterocycles. The van der Waals surface area contributed by atoms with Crippen molar-refractivity contribution in [1.82, 2.24) is 0 Å². The maximum absolute atomic E-state index is 12.1. The van der Waals surface area contributed by atoms with Gasteiger partial charge in [-0.15, -0.1) is 11.8 Å². The molecule has 0 heterocycles. The Morgan fingerprint density at radius 3 is 2.05 bits per heavy atom. The van der Waals surface area contributed by atoms with Crippen molar-refractivity contribution in [2.45, 2.75) is 29.9 Å². The molecule has 98 valence electrons. The maximum atomic E-state index is 12.1. The van der Waals surface area contributed by atoms with Gasteiger partial charge < -0.3 is 0 Å². The van der Waals surface area contributed by atoms with Crippen LogP contribution in [0.3, 0.4) is 0 Å². The lowest BCUT2D eigenvalue weighted by Crippen LogP contribution is -2.32.